The molecule has 0 spiro atoms. The molecule has 0 aromatic heterocycles. The fourth-order valence-corrected chi connectivity index (χ4v) is 0.933. The predicted molar refractivity (Wildman–Crippen MR) is 35.7 cm³/mol. The van der Waals surface area contributed by atoms with E-state index in [-0.39, 0.29) is 0 Å². The summed E-state index contributed by atoms with van der Waals surface area (Å²) in [5.41, 5.74) is 0. The van der Waals surface area contributed by atoms with E-state index in [0.717, 1.165) is 6.42 Å². The fourth-order valence-electron chi connectivity index (χ4n) is 0.311. The third-order valence-corrected chi connectivity index (χ3v) is 1.41. The lowest BCUT2D eigenvalue weighted by molar-refractivity contribution is 0.320. The SMILES string of the molecule is CCCOP(C)(C)=O. The van der Waals surface area contributed by atoms with Gasteiger partial charge in [-0.05, 0) is 6.42 Å². The predicted octanol–water partition coefficient (Wildman–Crippen LogP) is 1.95. The second-order valence-electron chi connectivity index (χ2n) is 2.09. The molecule has 0 atom stereocenters. The first-order valence-electron chi connectivity index (χ1n) is 2.76. The van der Waals surface area contributed by atoms with E-state index in [1.54, 1.807) is 13.3 Å². The summed E-state index contributed by atoms with van der Waals surface area (Å²) in [7, 11) is -2.18. The Bertz CT molecular complexity index is 94.6. The van der Waals surface area contributed by atoms with Crippen LogP contribution in [0.1, 0.15) is 13.3 Å². The minimum atomic E-state index is -2.18. The molecule has 0 radical (unpaired) electrons. The Morgan fingerprint density at radius 2 is 2.00 bits per heavy atom. The van der Waals surface area contributed by atoms with Crippen molar-refractivity contribution in [2.24, 2.45) is 0 Å². The quantitative estimate of drug-likeness (QED) is 0.554. The van der Waals surface area contributed by atoms with Gasteiger partial charge in [-0.2, -0.15) is 0 Å². The second-order valence-corrected chi connectivity index (χ2v) is 4.85. The van der Waals surface area contributed by atoms with Crippen molar-refractivity contribution in [3.05, 3.63) is 0 Å². The molecule has 0 aliphatic heterocycles. The molecule has 50 valence electrons. The molecule has 0 fully saturated rings. The molecule has 0 saturated heterocycles. The number of hydrogen-bond donors (Lipinski definition) is 0. The topological polar surface area (TPSA) is 26.3 Å². The molecule has 0 saturated carbocycles. The van der Waals surface area contributed by atoms with Gasteiger partial charge in [0.1, 0.15) is 0 Å². The van der Waals surface area contributed by atoms with Gasteiger partial charge in [0, 0.05) is 13.3 Å². The van der Waals surface area contributed by atoms with Crippen LogP contribution in [0.25, 0.3) is 0 Å². The minimum Gasteiger partial charge on any atom is -0.329 e. The van der Waals surface area contributed by atoms with Gasteiger partial charge in [0.2, 0.25) is 0 Å². The van der Waals surface area contributed by atoms with Crippen molar-refractivity contribution < 1.29 is 9.09 Å². The standard InChI is InChI=1S/C5H13O2P/c1-4-5-7-8(2,3)6/h4-5H2,1-3H3. The van der Waals surface area contributed by atoms with Crippen LogP contribution in [-0.4, -0.2) is 19.9 Å². The fraction of sp³-hybridized carbons (Fsp3) is 1.00. The monoisotopic (exact) mass is 136 g/mol. The lowest BCUT2D eigenvalue weighted by Crippen LogP contribution is -1.87. The number of hydrogen-bond acceptors (Lipinski definition) is 2. The zero-order chi connectivity index (χ0) is 6.62. The number of rotatable bonds is 3. The molecule has 0 bridgehead atoms. The first-order chi connectivity index (χ1) is 3.56. The molecule has 0 aliphatic carbocycles. The van der Waals surface area contributed by atoms with E-state index in [1.165, 1.54) is 0 Å². The Balaban J connectivity index is 3.26. The molecule has 0 amide bonds. The van der Waals surface area contributed by atoms with Gasteiger partial charge in [-0.25, -0.2) is 0 Å². The molecule has 2 nitrogen and oxygen atoms in total. The van der Waals surface area contributed by atoms with Gasteiger partial charge in [-0.3, -0.25) is 4.57 Å². The van der Waals surface area contributed by atoms with E-state index < -0.39 is 7.37 Å². The Hall–Kier alpha value is 0.190. The van der Waals surface area contributed by atoms with Crippen molar-refractivity contribution in [2.45, 2.75) is 13.3 Å². The van der Waals surface area contributed by atoms with E-state index >= 15 is 0 Å². The van der Waals surface area contributed by atoms with Crippen LogP contribution < -0.4 is 0 Å². The van der Waals surface area contributed by atoms with Gasteiger partial charge in [0.05, 0.1) is 6.61 Å². The molecule has 8 heavy (non-hydrogen) atoms. The molecule has 0 aromatic rings. The molecule has 0 heterocycles. The van der Waals surface area contributed by atoms with E-state index in [2.05, 4.69) is 0 Å². The first-order valence-corrected chi connectivity index (χ1v) is 5.27. The Kier molecular flexibility index (Phi) is 3.34. The van der Waals surface area contributed by atoms with Crippen molar-refractivity contribution in [1.82, 2.24) is 0 Å². The van der Waals surface area contributed by atoms with Gasteiger partial charge >= 0.3 is 0 Å². The Morgan fingerprint density at radius 1 is 1.50 bits per heavy atom. The van der Waals surface area contributed by atoms with Crippen LogP contribution in [0.4, 0.5) is 0 Å². The normalized spacial score (nSPS) is 11.9. The van der Waals surface area contributed by atoms with Crippen LogP contribution in [0.5, 0.6) is 0 Å². The van der Waals surface area contributed by atoms with Crippen molar-refractivity contribution in [3.8, 4) is 0 Å². The van der Waals surface area contributed by atoms with E-state index in [9.17, 15) is 4.57 Å². The van der Waals surface area contributed by atoms with Gasteiger partial charge in [-0.15, -0.1) is 0 Å². The van der Waals surface area contributed by atoms with Gasteiger partial charge in [-0.1, -0.05) is 6.92 Å². The first kappa shape index (κ1) is 8.19. The van der Waals surface area contributed by atoms with Gasteiger partial charge < -0.3 is 4.52 Å². The zero-order valence-corrected chi connectivity index (χ0v) is 6.57. The highest BCUT2D eigenvalue weighted by molar-refractivity contribution is 7.57. The molecular formula is C5H13O2P. The summed E-state index contributed by atoms with van der Waals surface area (Å²) in [5.74, 6) is 0. The van der Waals surface area contributed by atoms with Crippen LogP contribution in [0.3, 0.4) is 0 Å². The lowest BCUT2D eigenvalue weighted by atomic mass is 10.5. The maximum atomic E-state index is 10.8. The average Bonchev–Trinajstić information content (AvgIpc) is 1.59. The van der Waals surface area contributed by atoms with Crippen LogP contribution in [-0.2, 0) is 9.09 Å². The summed E-state index contributed by atoms with van der Waals surface area (Å²) in [6, 6.07) is 0. The molecular weight excluding hydrogens is 123 g/mol. The zero-order valence-electron chi connectivity index (χ0n) is 5.68. The second kappa shape index (κ2) is 3.26. The minimum absolute atomic E-state index is 0.615. The maximum Gasteiger partial charge on any atom is 0.197 e. The Morgan fingerprint density at radius 3 is 2.12 bits per heavy atom. The lowest BCUT2D eigenvalue weighted by Gasteiger charge is -2.04. The summed E-state index contributed by atoms with van der Waals surface area (Å²) < 4.78 is 15.7. The summed E-state index contributed by atoms with van der Waals surface area (Å²) in [4.78, 5) is 0. The molecule has 0 aromatic carbocycles. The molecule has 0 aliphatic rings. The average molecular weight is 136 g/mol. The van der Waals surface area contributed by atoms with Crippen molar-refractivity contribution in [3.63, 3.8) is 0 Å². The molecule has 3 heteroatoms. The van der Waals surface area contributed by atoms with E-state index in [0.29, 0.717) is 6.61 Å². The van der Waals surface area contributed by atoms with E-state index in [4.69, 9.17) is 4.52 Å². The Labute approximate surface area is 50.7 Å². The summed E-state index contributed by atoms with van der Waals surface area (Å²) >= 11 is 0. The van der Waals surface area contributed by atoms with Crippen molar-refractivity contribution >= 4 is 7.37 Å². The van der Waals surface area contributed by atoms with Crippen molar-refractivity contribution in [2.75, 3.05) is 19.9 Å². The molecule has 0 rings (SSSR count). The maximum absolute atomic E-state index is 10.8. The molecule has 0 N–H and O–H groups in total. The summed E-state index contributed by atoms with van der Waals surface area (Å²) in [6.45, 7) is 5.87. The smallest absolute Gasteiger partial charge is 0.197 e. The van der Waals surface area contributed by atoms with Gasteiger partial charge in [0.15, 0.2) is 7.37 Å². The largest absolute Gasteiger partial charge is 0.329 e. The third-order valence-electron chi connectivity index (χ3n) is 0.606. The molecule has 0 unspecified atom stereocenters. The van der Waals surface area contributed by atoms with Crippen LogP contribution in [0.2, 0.25) is 0 Å². The van der Waals surface area contributed by atoms with E-state index in [1.807, 2.05) is 6.92 Å². The van der Waals surface area contributed by atoms with Crippen LogP contribution in [0.15, 0.2) is 0 Å². The van der Waals surface area contributed by atoms with Crippen molar-refractivity contribution in [1.29, 1.82) is 0 Å². The van der Waals surface area contributed by atoms with Crippen LogP contribution >= 0.6 is 7.37 Å². The van der Waals surface area contributed by atoms with Crippen LogP contribution in [0, 0.1) is 0 Å². The highest BCUT2D eigenvalue weighted by Gasteiger charge is 2.03. The highest BCUT2D eigenvalue weighted by atomic mass is 31.2. The van der Waals surface area contributed by atoms with Gasteiger partial charge in [0.25, 0.3) is 0 Å². The highest BCUT2D eigenvalue weighted by Crippen LogP contribution is 2.36. The summed E-state index contributed by atoms with van der Waals surface area (Å²) in [5, 5.41) is 0. The summed E-state index contributed by atoms with van der Waals surface area (Å²) in [6.07, 6.45) is 0.936. The third kappa shape index (κ3) is 6.19.